The van der Waals surface area contributed by atoms with Gasteiger partial charge in [0, 0.05) is 22.8 Å². The standard InChI is InChI=1S/C15H16N2O3S/c1-2-11-14(10-6-4-3-5-7-10)17-15(21-11)16-12(18)8-9-13(19)20/h3-7H,2,8-9H2,1H3,(H,19,20)(H,16,17,18)/p-1. The van der Waals surface area contributed by atoms with Gasteiger partial charge in [0.05, 0.1) is 5.69 Å². The van der Waals surface area contributed by atoms with Gasteiger partial charge >= 0.3 is 0 Å². The summed E-state index contributed by atoms with van der Waals surface area (Å²) in [5, 5.41) is 13.5. The van der Waals surface area contributed by atoms with E-state index < -0.39 is 5.97 Å². The molecule has 0 bridgehead atoms. The van der Waals surface area contributed by atoms with Crippen molar-refractivity contribution in [1.29, 1.82) is 0 Å². The number of aryl methyl sites for hydroxylation is 1. The zero-order valence-electron chi connectivity index (χ0n) is 11.6. The number of hydrogen-bond acceptors (Lipinski definition) is 5. The van der Waals surface area contributed by atoms with Crippen LogP contribution in [-0.4, -0.2) is 16.9 Å². The van der Waals surface area contributed by atoms with Crippen molar-refractivity contribution in [3.8, 4) is 11.3 Å². The fraction of sp³-hybridized carbons (Fsp3) is 0.267. The maximum Gasteiger partial charge on any atom is 0.226 e. The summed E-state index contributed by atoms with van der Waals surface area (Å²) in [4.78, 5) is 27.5. The van der Waals surface area contributed by atoms with Crippen LogP contribution in [0.5, 0.6) is 0 Å². The Labute approximate surface area is 126 Å². The Hall–Kier alpha value is -2.21. The van der Waals surface area contributed by atoms with Crippen LogP contribution in [0.25, 0.3) is 11.3 Å². The van der Waals surface area contributed by atoms with E-state index in [0.717, 1.165) is 22.6 Å². The second-order valence-electron chi connectivity index (χ2n) is 4.43. The molecule has 0 saturated carbocycles. The number of thiazole rings is 1. The Morgan fingerprint density at radius 2 is 1.95 bits per heavy atom. The van der Waals surface area contributed by atoms with Gasteiger partial charge in [-0.15, -0.1) is 11.3 Å². The third kappa shape index (κ3) is 4.13. The smallest absolute Gasteiger partial charge is 0.226 e. The number of aliphatic carboxylic acids is 1. The molecule has 1 amide bonds. The van der Waals surface area contributed by atoms with Gasteiger partial charge in [0.1, 0.15) is 0 Å². The fourth-order valence-corrected chi connectivity index (χ4v) is 2.80. The molecule has 1 heterocycles. The maximum absolute atomic E-state index is 11.6. The molecule has 0 aliphatic rings. The second-order valence-corrected chi connectivity index (χ2v) is 5.51. The molecule has 0 spiro atoms. The molecule has 1 aromatic carbocycles. The lowest BCUT2D eigenvalue weighted by Crippen LogP contribution is -2.24. The van der Waals surface area contributed by atoms with Crippen LogP contribution in [0.15, 0.2) is 30.3 Å². The number of benzene rings is 1. The molecule has 0 saturated heterocycles. The van der Waals surface area contributed by atoms with E-state index in [1.807, 2.05) is 37.3 Å². The Balaban J connectivity index is 2.14. The molecule has 110 valence electrons. The number of rotatable bonds is 6. The predicted octanol–water partition coefficient (Wildman–Crippen LogP) is 1.84. The fourth-order valence-electron chi connectivity index (χ4n) is 1.86. The van der Waals surface area contributed by atoms with Gasteiger partial charge in [-0.2, -0.15) is 0 Å². The number of hydrogen-bond donors (Lipinski definition) is 1. The van der Waals surface area contributed by atoms with Crippen molar-refractivity contribution in [2.45, 2.75) is 26.2 Å². The van der Waals surface area contributed by atoms with E-state index in [1.165, 1.54) is 11.3 Å². The summed E-state index contributed by atoms with van der Waals surface area (Å²) in [6.45, 7) is 2.03. The minimum atomic E-state index is -1.23. The maximum atomic E-state index is 11.6. The van der Waals surface area contributed by atoms with Crippen LogP contribution < -0.4 is 10.4 Å². The van der Waals surface area contributed by atoms with Gasteiger partial charge in [-0.3, -0.25) is 4.79 Å². The summed E-state index contributed by atoms with van der Waals surface area (Å²) >= 11 is 1.41. The molecule has 0 atom stereocenters. The average molecular weight is 303 g/mol. The number of carbonyl (C=O) groups excluding carboxylic acids is 2. The van der Waals surface area contributed by atoms with Crippen molar-refractivity contribution in [3.05, 3.63) is 35.2 Å². The first kappa shape index (κ1) is 15.2. The summed E-state index contributed by atoms with van der Waals surface area (Å²) in [7, 11) is 0. The molecular weight excluding hydrogens is 288 g/mol. The number of aromatic nitrogens is 1. The highest BCUT2D eigenvalue weighted by Gasteiger charge is 2.13. The van der Waals surface area contributed by atoms with E-state index in [9.17, 15) is 14.7 Å². The van der Waals surface area contributed by atoms with Gasteiger partial charge in [-0.05, 0) is 12.8 Å². The van der Waals surface area contributed by atoms with Crippen LogP contribution in [0.1, 0.15) is 24.6 Å². The van der Waals surface area contributed by atoms with E-state index in [4.69, 9.17) is 0 Å². The number of anilines is 1. The van der Waals surface area contributed by atoms with Crippen molar-refractivity contribution in [3.63, 3.8) is 0 Å². The lowest BCUT2D eigenvalue weighted by atomic mass is 10.1. The molecule has 0 radical (unpaired) electrons. The first-order valence-electron chi connectivity index (χ1n) is 6.65. The second kappa shape index (κ2) is 6.99. The zero-order chi connectivity index (χ0) is 15.2. The number of nitrogens with zero attached hydrogens (tertiary/aromatic N) is 1. The van der Waals surface area contributed by atoms with E-state index >= 15 is 0 Å². The van der Waals surface area contributed by atoms with Crippen LogP contribution in [0.3, 0.4) is 0 Å². The third-order valence-electron chi connectivity index (χ3n) is 2.87. The predicted molar refractivity (Wildman–Crippen MR) is 79.8 cm³/mol. The third-order valence-corrected chi connectivity index (χ3v) is 3.98. The van der Waals surface area contributed by atoms with E-state index in [1.54, 1.807) is 0 Å². The number of carboxylic acid groups (broad SMARTS) is 1. The summed E-state index contributed by atoms with van der Waals surface area (Å²) < 4.78 is 0. The topological polar surface area (TPSA) is 82.1 Å². The van der Waals surface area contributed by atoms with Gasteiger partial charge in [-0.25, -0.2) is 4.98 Å². The molecule has 5 nitrogen and oxygen atoms in total. The minimum Gasteiger partial charge on any atom is -0.550 e. The van der Waals surface area contributed by atoms with E-state index in [0.29, 0.717) is 5.13 Å². The van der Waals surface area contributed by atoms with Crippen molar-refractivity contribution < 1.29 is 14.7 Å². The highest BCUT2D eigenvalue weighted by atomic mass is 32.1. The van der Waals surface area contributed by atoms with Crippen LogP contribution in [-0.2, 0) is 16.0 Å². The average Bonchev–Trinajstić information content (AvgIpc) is 2.89. The highest BCUT2D eigenvalue weighted by molar-refractivity contribution is 7.16. The quantitative estimate of drug-likeness (QED) is 0.882. The molecular formula is C15H15N2O3S-. The Kier molecular flexibility index (Phi) is 5.05. The molecule has 0 unspecified atom stereocenters. The molecule has 1 aromatic heterocycles. The van der Waals surface area contributed by atoms with Crippen molar-refractivity contribution in [2.75, 3.05) is 5.32 Å². The number of carbonyl (C=O) groups is 2. The SMILES string of the molecule is CCc1sc(NC(=O)CCC(=O)[O-])nc1-c1ccccc1. The van der Waals surface area contributed by atoms with Crippen molar-refractivity contribution >= 4 is 28.3 Å². The van der Waals surface area contributed by atoms with Crippen LogP contribution in [0.2, 0.25) is 0 Å². The van der Waals surface area contributed by atoms with Gasteiger partial charge in [0.2, 0.25) is 5.91 Å². The summed E-state index contributed by atoms with van der Waals surface area (Å²) in [6, 6.07) is 9.74. The number of amides is 1. The van der Waals surface area contributed by atoms with Crippen molar-refractivity contribution in [1.82, 2.24) is 4.98 Å². The monoisotopic (exact) mass is 303 g/mol. The molecule has 1 N–H and O–H groups in total. The molecule has 6 heteroatoms. The molecule has 2 rings (SSSR count). The van der Waals surface area contributed by atoms with Gasteiger partial charge in [0.15, 0.2) is 5.13 Å². The van der Waals surface area contributed by atoms with Crippen LogP contribution in [0.4, 0.5) is 5.13 Å². The molecule has 0 aliphatic heterocycles. The molecule has 0 fully saturated rings. The molecule has 2 aromatic rings. The lowest BCUT2D eigenvalue weighted by molar-refractivity contribution is -0.305. The summed E-state index contributed by atoms with van der Waals surface area (Å²) in [5.74, 6) is -1.60. The summed E-state index contributed by atoms with van der Waals surface area (Å²) in [6.07, 6.45) is 0.421. The Bertz CT molecular complexity index is 638. The highest BCUT2D eigenvalue weighted by Crippen LogP contribution is 2.31. The minimum absolute atomic E-state index is 0.107. The summed E-state index contributed by atoms with van der Waals surface area (Å²) in [5.41, 5.74) is 1.86. The van der Waals surface area contributed by atoms with E-state index in [-0.39, 0.29) is 18.7 Å². The Morgan fingerprint density at radius 3 is 2.57 bits per heavy atom. The molecule has 21 heavy (non-hydrogen) atoms. The largest absolute Gasteiger partial charge is 0.550 e. The van der Waals surface area contributed by atoms with Gasteiger partial charge in [-0.1, -0.05) is 37.3 Å². The van der Waals surface area contributed by atoms with E-state index in [2.05, 4.69) is 10.3 Å². The first-order chi connectivity index (χ1) is 10.1. The molecule has 0 aliphatic carbocycles. The Morgan fingerprint density at radius 1 is 1.24 bits per heavy atom. The number of nitrogens with one attached hydrogen (secondary N) is 1. The van der Waals surface area contributed by atoms with Gasteiger partial charge < -0.3 is 15.2 Å². The normalized spacial score (nSPS) is 10.3. The van der Waals surface area contributed by atoms with Gasteiger partial charge in [0.25, 0.3) is 0 Å². The number of carboxylic acids is 1. The van der Waals surface area contributed by atoms with Crippen LogP contribution in [0, 0.1) is 0 Å². The zero-order valence-corrected chi connectivity index (χ0v) is 12.4. The van der Waals surface area contributed by atoms with Crippen molar-refractivity contribution in [2.24, 2.45) is 0 Å². The first-order valence-corrected chi connectivity index (χ1v) is 7.46. The lowest BCUT2D eigenvalue weighted by Gasteiger charge is -2.02. The van der Waals surface area contributed by atoms with Crippen LogP contribution >= 0.6 is 11.3 Å².